The van der Waals surface area contributed by atoms with Crippen LogP contribution in [0.25, 0.3) is 11.1 Å². The topological polar surface area (TPSA) is 33.0 Å². The first-order chi connectivity index (χ1) is 9.38. The van der Waals surface area contributed by atoms with Crippen LogP contribution in [0.5, 0.6) is 0 Å². The monoisotopic (exact) mass is 249 g/mol. The molecule has 2 aromatic carbocycles. The fourth-order valence-electron chi connectivity index (χ4n) is 2.55. The van der Waals surface area contributed by atoms with Crippen molar-refractivity contribution in [2.45, 2.75) is 12.5 Å². The summed E-state index contributed by atoms with van der Waals surface area (Å²) < 4.78 is 5.67. The molecule has 94 valence electrons. The molecule has 2 nitrogen and oxygen atoms in total. The number of benzene rings is 2. The third-order valence-electron chi connectivity index (χ3n) is 3.60. The lowest BCUT2D eigenvalue weighted by molar-refractivity contribution is 0.101. The van der Waals surface area contributed by atoms with Crippen LogP contribution in [0, 0.1) is 17.2 Å². The smallest absolute Gasteiger partial charge is 0.0983 e. The molecular formula is C17H15NO. The van der Waals surface area contributed by atoms with Crippen molar-refractivity contribution in [3.63, 3.8) is 0 Å². The van der Waals surface area contributed by atoms with Crippen molar-refractivity contribution in [1.29, 1.82) is 5.26 Å². The van der Waals surface area contributed by atoms with Gasteiger partial charge in [-0.05, 0) is 23.1 Å². The molecule has 0 saturated carbocycles. The zero-order chi connectivity index (χ0) is 13.1. The summed E-state index contributed by atoms with van der Waals surface area (Å²) >= 11 is 0. The Morgan fingerprint density at radius 3 is 2.32 bits per heavy atom. The highest BCUT2D eigenvalue weighted by atomic mass is 16.5. The van der Waals surface area contributed by atoms with Gasteiger partial charge in [-0.25, -0.2) is 0 Å². The average molecular weight is 249 g/mol. The zero-order valence-corrected chi connectivity index (χ0v) is 10.6. The van der Waals surface area contributed by atoms with Gasteiger partial charge in [0.25, 0.3) is 0 Å². The molecule has 0 spiro atoms. The Kier molecular flexibility index (Phi) is 3.31. The summed E-state index contributed by atoms with van der Waals surface area (Å²) in [7, 11) is 0. The molecule has 1 saturated heterocycles. The van der Waals surface area contributed by atoms with Gasteiger partial charge in [0.15, 0.2) is 0 Å². The lowest BCUT2D eigenvalue weighted by Gasteiger charge is -2.13. The normalized spacial score (nSPS) is 22.1. The minimum Gasteiger partial charge on any atom is -0.372 e. The fourth-order valence-corrected chi connectivity index (χ4v) is 2.55. The maximum Gasteiger partial charge on any atom is 0.0983 e. The van der Waals surface area contributed by atoms with E-state index in [-0.39, 0.29) is 12.0 Å². The van der Waals surface area contributed by atoms with Crippen molar-refractivity contribution in [1.82, 2.24) is 0 Å². The number of hydrogen-bond acceptors (Lipinski definition) is 2. The SMILES string of the molecule is N#CC1CCOC1c1ccc(-c2ccccc2)cc1. The van der Waals surface area contributed by atoms with E-state index in [1.165, 1.54) is 11.1 Å². The van der Waals surface area contributed by atoms with Gasteiger partial charge in [-0.3, -0.25) is 0 Å². The number of hydrogen-bond donors (Lipinski definition) is 0. The quantitative estimate of drug-likeness (QED) is 0.807. The molecule has 2 unspecified atom stereocenters. The Hall–Kier alpha value is -2.11. The third kappa shape index (κ3) is 2.38. The van der Waals surface area contributed by atoms with E-state index < -0.39 is 0 Å². The Morgan fingerprint density at radius 1 is 0.947 bits per heavy atom. The molecule has 3 rings (SSSR count). The molecule has 1 aliphatic heterocycles. The number of rotatable bonds is 2. The molecule has 0 amide bonds. The van der Waals surface area contributed by atoms with Crippen molar-refractivity contribution >= 4 is 0 Å². The third-order valence-corrected chi connectivity index (χ3v) is 3.60. The summed E-state index contributed by atoms with van der Waals surface area (Å²) in [4.78, 5) is 0. The van der Waals surface area contributed by atoms with E-state index in [0.29, 0.717) is 6.61 Å². The lowest BCUT2D eigenvalue weighted by atomic mass is 9.95. The van der Waals surface area contributed by atoms with Gasteiger partial charge in [0, 0.05) is 6.61 Å². The van der Waals surface area contributed by atoms with Crippen LogP contribution in [0.2, 0.25) is 0 Å². The van der Waals surface area contributed by atoms with Gasteiger partial charge >= 0.3 is 0 Å². The van der Waals surface area contributed by atoms with Crippen LogP contribution in [-0.2, 0) is 4.74 Å². The molecule has 0 bridgehead atoms. The van der Waals surface area contributed by atoms with Gasteiger partial charge in [0.2, 0.25) is 0 Å². The van der Waals surface area contributed by atoms with E-state index >= 15 is 0 Å². The van der Waals surface area contributed by atoms with Gasteiger partial charge in [-0.1, -0.05) is 54.6 Å². The van der Waals surface area contributed by atoms with Crippen LogP contribution in [0.3, 0.4) is 0 Å². The number of ether oxygens (including phenoxy) is 1. The van der Waals surface area contributed by atoms with Crippen LogP contribution < -0.4 is 0 Å². The predicted octanol–water partition coefficient (Wildman–Crippen LogP) is 3.95. The molecule has 2 atom stereocenters. The lowest BCUT2D eigenvalue weighted by Crippen LogP contribution is -2.05. The Balaban J connectivity index is 1.86. The van der Waals surface area contributed by atoms with Gasteiger partial charge in [0.1, 0.15) is 0 Å². The fraction of sp³-hybridized carbons (Fsp3) is 0.235. The summed E-state index contributed by atoms with van der Waals surface area (Å²) in [6.45, 7) is 0.684. The molecule has 19 heavy (non-hydrogen) atoms. The Bertz CT molecular complexity index is 583. The maximum absolute atomic E-state index is 9.10. The molecule has 0 aliphatic carbocycles. The summed E-state index contributed by atoms with van der Waals surface area (Å²) in [5, 5.41) is 9.10. The first kappa shape index (κ1) is 12.0. The second-order valence-corrected chi connectivity index (χ2v) is 4.80. The molecular weight excluding hydrogens is 234 g/mol. The second kappa shape index (κ2) is 5.26. The Labute approximate surface area is 113 Å². The van der Waals surface area contributed by atoms with E-state index in [2.05, 4.69) is 42.5 Å². The van der Waals surface area contributed by atoms with Gasteiger partial charge in [-0.2, -0.15) is 5.26 Å². The van der Waals surface area contributed by atoms with E-state index in [1.807, 2.05) is 18.2 Å². The van der Waals surface area contributed by atoms with Crippen LogP contribution in [0.4, 0.5) is 0 Å². The molecule has 2 heteroatoms. The highest BCUT2D eigenvalue weighted by Gasteiger charge is 2.29. The molecule has 1 aliphatic rings. The van der Waals surface area contributed by atoms with Crippen LogP contribution >= 0.6 is 0 Å². The summed E-state index contributed by atoms with van der Waals surface area (Å²) in [5.74, 6) is -0.0115. The van der Waals surface area contributed by atoms with Gasteiger partial charge in [-0.15, -0.1) is 0 Å². The Morgan fingerprint density at radius 2 is 1.63 bits per heavy atom. The standard InChI is InChI=1S/C17H15NO/c18-12-16-10-11-19-17(16)15-8-6-14(7-9-15)13-4-2-1-3-5-13/h1-9,16-17H,10-11H2. The van der Waals surface area contributed by atoms with Crippen molar-refractivity contribution in [2.75, 3.05) is 6.61 Å². The van der Waals surface area contributed by atoms with Gasteiger partial charge in [0.05, 0.1) is 18.1 Å². The molecule has 0 aromatic heterocycles. The van der Waals surface area contributed by atoms with Crippen LogP contribution in [0.15, 0.2) is 54.6 Å². The summed E-state index contributed by atoms with van der Waals surface area (Å²) in [6, 6.07) is 21.0. The maximum atomic E-state index is 9.10. The highest BCUT2D eigenvalue weighted by molar-refractivity contribution is 5.63. The summed E-state index contributed by atoms with van der Waals surface area (Å²) in [6.07, 6.45) is 0.775. The second-order valence-electron chi connectivity index (χ2n) is 4.80. The first-order valence-corrected chi connectivity index (χ1v) is 6.55. The number of nitrogens with zero attached hydrogens (tertiary/aromatic N) is 1. The van der Waals surface area contributed by atoms with E-state index in [1.54, 1.807) is 0 Å². The average Bonchev–Trinajstić information content (AvgIpc) is 2.97. The van der Waals surface area contributed by atoms with E-state index in [4.69, 9.17) is 10.00 Å². The van der Waals surface area contributed by atoms with Crippen LogP contribution in [0.1, 0.15) is 18.1 Å². The van der Waals surface area contributed by atoms with Crippen molar-refractivity contribution in [2.24, 2.45) is 5.92 Å². The van der Waals surface area contributed by atoms with Crippen LogP contribution in [-0.4, -0.2) is 6.61 Å². The molecule has 1 heterocycles. The first-order valence-electron chi connectivity index (χ1n) is 6.55. The molecule has 1 fully saturated rings. The molecule has 2 aromatic rings. The molecule has 0 radical (unpaired) electrons. The zero-order valence-electron chi connectivity index (χ0n) is 10.6. The number of nitriles is 1. The predicted molar refractivity (Wildman–Crippen MR) is 74.3 cm³/mol. The highest BCUT2D eigenvalue weighted by Crippen LogP contribution is 2.34. The van der Waals surface area contributed by atoms with Gasteiger partial charge < -0.3 is 4.74 Å². The largest absolute Gasteiger partial charge is 0.372 e. The van der Waals surface area contributed by atoms with Crippen molar-refractivity contribution in [3.8, 4) is 17.2 Å². The van der Waals surface area contributed by atoms with Crippen molar-refractivity contribution < 1.29 is 4.74 Å². The van der Waals surface area contributed by atoms with E-state index in [0.717, 1.165) is 12.0 Å². The minimum atomic E-state index is -0.0603. The summed E-state index contributed by atoms with van der Waals surface area (Å²) in [5.41, 5.74) is 3.50. The molecule has 0 N–H and O–H groups in total. The van der Waals surface area contributed by atoms with E-state index in [9.17, 15) is 0 Å². The minimum absolute atomic E-state index is 0.0115. The van der Waals surface area contributed by atoms with Crippen molar-refractivity contribution in [3.05, 3.63) is 60.2 Å².